The van der Waals surface area contributed by atoms with Gasteiger partial charge >= 0.3 is 6.09 Å². The summed E-state index contributed by atoms with van der Waals surface area (Å²) < 4.78 is 11.4. The van der Waals surface area contributed by atoms with Crippen LogP contribution in [0.15, 0.2) is 97.2 Å². The molecule has 1 N–H and O–H groups in total. The summed E-state index contributed by atoms with van der Waals surface area (Å²) in [6, 6.07) is 29.3. The number of ether oxygens (including phenoxy) is 2. The Kier molecular flexibility index (Phi) is 13.0. The van der Waals surface area contributed by atoms with Crippen molar-refractivity contribution in [2.45, 2.75) is 45.4 Å². The Balaban J connectivity index is 1.07. The predicted molar refractivity (Wildman–Crippen MR) is 201 cm³/mol. The van der Waals surface area contributed by atoms with Gasteiger partial charge in [0.15, 0.2) is 0 Å². The van der Waals surface area contributed by atoms with E-state index in [2.05, 4.69) is 56.5 Å². The Morgan fingerprint density at radius 1 is 0.882 bits per heavy atom. The second-order valence-corrected chi connectivity index (χ2v) is 13.7. The van der Waals surface area contributed by atoms with E-state index in [9.17, 15) is 9.59 Å². The minimum absolute atomic E-state index is 0.00405. The first kappa shape index (κ1) is 36.4. The zero-order valence-corrected chi connectivity index (χ0v) is 30.1. The number of benzene rings is 3. The first-order valence-corrected chi connectivity index (χ1v) is 18.5. The smallest absolute Gasteiger partial charge is 0.408 e. The number of nitrogens with zero attached hydrogens (tertiary/aromatic N) is 4. The van der Waals surface area contributed by atoms with Gasteiger partial charge in [-0.15, -0.1) is 0 Å². The molecule has 0 spiro atoms. The lowest BCUT2D eigenvalue weighted by Gasteiger charge is -2.40. The number of likely N-dealkylation sites (tertiary alicyclic amines) is 1. The SMILES string of the molecule is CCOc1cccnc1CN1CCN(C(=O)[C@H](NC(=O)OCc2ccccc2)C2CCN(CCc3cc(Cl)ccc3-c3ccccc3)CC2)CC1. The zero-order valence-electron chi connectivity index (χ0n) is 29.4. The van der Waals surface area contributed by atoms with Crippen LogP contribution in [-0.2, 0) is 29.1 Å². The van der Waals surface area contributed by atoms with E-state index < -0.39 is 12.1 Å². The minimum Gasteiger partial charge on any atom is -0.492 e. The summed E-state index contributed by atoms with van der Waals surface area (Å²) in [5.74, 6) is 0.765. The number of hydrogen-bond acceptors (Lipinski definition) is 7. The molecule has 2 aliphatic rings. The number of carbonyl (C=O) groups excluding carboxylic acids is 2. The lowest BCUT2D eigenvalue weighted by molar-refractivity contribution is -0.137. The zero-order chi connectivity index (χ0) is 35.4. The summed E-state index contributed by atoms with van der Waals surface area (Å²) in [5, 5.41) is 3.74. The number of pyridine rings is 1. The Morgan fingerprint density at radius 3 is 2.33 bits per heavy atom. The van der Waals surface area contributed by atoms with Crippen LogP contribution >= 0.6 is 11.6 Å². The number of piperidine rings is 1. The highest BCUT2D eigenvalue weighted by molar-refractivity contribution is 6.30. The van der Waals surface area contributed by atoms with Crippen molar-refractivity contribution in [1.29, 1.82) is 0 Å². The number of carbonyl (C=O) groups is 2. The largest absolute Gasteiger partial charge is 0.492 e. The lowest BCUT2D eigenvalue weighted by Crippen LogP contribution is -2.58. The number of halogens is 1. The molecule has 1 aromatic heterocycles. The molecule has 6 rings (SSSR count). The monoisotopic (exact) mass is 709 g/mol. The molecule has 3 aromatic carbocycles. The molecule has 0 bridgehead atoms. The van der Waals surface area contributed by atoms with Gasteiger partial charge in [-0.25, -0.2) is 4.79 Å². The highest BCUT2D eigenvalue weighted by atomic mass is 35.5. The van der Waals surface area contributed by atoms with Crippen LogP contribution in [0.1, 0.15) is 36.6 Å². The van der Waals surface area contributed by atoms with Gasteiger partial charge in [0.25, 0.3) is 0 Å². The van der Waals surface area contributed by atoms with Gasteiger partial charge in [0, 0.05) is 50.5 Å². The molecular weight excluding hydrogens is 662 g/mol. The maximum Gasteiger partial charge on any atom is 0.408 e. The molecule has 0 saturated carbocycles. The topological polar surface area (TPSA) is 87.2 Å². The Bertz CT molecular complexity index is 1710. The van der Waals surface area contributed by atoms with Crippen LogP contribution in [0.3, 0.4) is 0 Å². The van der Waals surface area contributed by atoms with E-state index in [1.54, 1.807) is 6.20 Å². The lowest BCUT2D eigenvalue weighted by atomic mass is 9.88. The Labute approximate surface area is 306 Å². The summed E-state index contributed by atoms with van der Waals surface area (Å²) in [5.41, 5.74) is 5.41. The maximum absolute atomic E-state index is 14.2. The highest BCUT2D eigenvalue weighted by Crippen LogP contribution is 2.29. The van der Waals surface area contributed by atoms with Gasteiger partial charge < -0.3 is 24.6 Å². The Hall–Kier alpha value is -4.44. The molecule has 3 heterocycles. The molecule has 2 amide bonds. The van der Waals surface area contributed by atoms with E-state index in [1.165, 1.54) is 16.7 Å². The first-order valence-electron chi connectivity index (χ1n) is 18.1. The summed E-state index contributed by atoms with van der Waals surface area (Å²) in [7, 11) is 0. The van der Waals surface area contributed by atoms with Gasteiger partial charge in [0.05, 0.1) is 12.3 Å². The molecule has 2 saturated heterocycles. The van der Waals surface area contributed by atoms with Crippen LogP contribution in [-0.4, -0.2) is 90.1 Å². The van der Waals surface area contributed by atoms with Crippen LogP contribution in [0.2, 0.25) is 5.02 Å². The third-order valence-corrected chi connectivity index (χ3v) is 10.1. The van der Waals surface area contributed by atoms with E-state index in [-0.39, 0.29) is 18.4 Å². The second-order valence-electron chi connectivity index (χ2n) is 13.3. The molecule has 10 heteroatoms. The number of rotatable bonds is 13. The fourth-order valence-corrected chi connectivity index (χ4v) is 7.29. The van der Waals surface area contributed by atoms with Crippen molar-refractivity contribution in [2.24, 2.45) is 5.92 Å². The van der Waals surface area contributed by atoms with Crippen molar-refractivity contribution in [3.05, 3.63) is 119 Å². The normalized spacial score (nSPS) is 16.4. The van der Waals surface area contributed by atoms with E-state index >= 15 is 0 Å². The summed E-state index contributed by atoms with van der Waals surface area (Å²) in [4.78, 5) is 38.5. The van der Waals surface area contributed by atoms with Crippen molar-refractivity contribution in [3.8, 4) is 16.9 Å². The average molecular weight is 710 g/mol. The molecule has 9 nitrogen and oxygen atoms in total. The number of piperazine rings is 1. The van der Waals surface area contributed by atoms with Crippen LogP contribution in [0.5, 0.6) is 5.75 Å². The van der Waals surface area contributed by atoms with E-state index in [1.807, 2.05) is 66.4 Å². The standard InChI is InChI=1S/C41H48ClN5O4/c1-2-50-38-14-9-20-43-37(38)29-46-24-26-47(27-25-46)40(48)39(44-41(49)51-30-31-10-5-3-6-11-31)33-17-21-45(22-18-33)23-19-34-28-35(42)15-16-36(34)32-12-7-4-8-13-32/h3-16,20,28,33,39H,2,17-19,21-27,29-30H2,1H3,(H,44,49)/t39-/m1/s1. The average Bonchev–Trinajstić information content (AvgIpc) is 3.17. The highest BCUT2D eigenvalue weighted by Gasteiger charge is 2.36. The fraction of sp³-hybridized carbons (Fsp3) is 0.390. The molecule has 2 aliphatic heterocycles. The third kappa shape index (κ3) is 10.1. The predicted octanol–water partition coefficient (Wildman–Crippen LogP) is 6.69. The number of alkyl carbamates (subject to hydrolysis) is 1. The molecule has 51 heavy (non-hydrogen) atoms. The molecule has 0 radical (unpaired) electrons. The van der Waals surface area contributed by atoms with Crippen molar-refractivity contribution < 1.29 is 19.1 Å². The summed E-state index contributed by atoms with van der Waals surface area (Å²) in [6.07, 6.45) is 3.70. The van der Waals surface area contributed by atoms with Gasteiger partial charge in [-0.05, 0) is 91.7 Å². The van der Waals surface area contributed by atoms with Gasteiger partial charge in [-0.1, -0.05) is 78.3 Å². The fourth-order valence-electron chi connectivity index (χ4n) is 7.09. The number of nitrogens with one attached hydrogen (secondary N) is 1. The first-order chi connectivity index (χ1) is 25.0. The van der Waals surface area contributed by atoms with Crippen LogP contribution < -0.4 is 10.1 Å². The number of aromatic nitrogens is 1. The van der Waals surface area contributed by atoms with Crippen molar-refractivity contribution in [1.82, 2.24) is 25.0 Å². The van der Waals surface area contributed by atoms with E-state index in [4.69, 9.17) is 21.1 Å². The number of hydrogen-bond donors (Lipinski definition) is 1. The molecule has 2 fully saturated rings. The van der Waals surface area contributed by atoms with E-state index in [0.717, 1.165) is 60.9 Å². The summed E-state index contributed by atoms with van der Waals surface area (Å²) in [6.45, 7) is 8.52. The minimum atomic E-state index is -0.653. The van der Waals surface area contributed by atoms with Crippen molar-refractivity contribution >= 4 is 23.6 Å². The molecule has 268 valence electrons. The number of amides is 2. The van der Waals surface area contributed by atoms with Crippen LogP contribution in [0.4, 0.5) is 4.79 Å². The van der Waals surface area contributed by atoms with Crippen LogP contribution in [0, 0.1) is 5.92 Å². The quantitative estimate of drug-likeness (QED) is 0.166. The second kappa shape index (κ2) is 18.2. The molecule has 1 atom stereocenters. The maximum atomic E-state index is 14.2. The molecule has 0 aliphatic carbocycles. The van der Waals surface area contributed by atoms with Gasteiger partial charge in [0.1, 0.15) is 18.4 Å². The summed E-state index contributed by atoms with van der Waals surface area (Å²) >= 11 is 6.43. The molecule has 0 unspecified atom stereocenters. The van der Waals surface area contributed by atoms with Crippen LogP contribution in [0.25, 0.3) is 11.1 Å². The van der Waals surface area contributed by atoms with Gasteiger partial charge in [-0.3, -0.25) is 14.7 Å². The van der Waals surface area contributed by atoms with Gasteiger partial charge in [-0.2, -0.15) is 0 Å². The van der Waals surface area contributed by atoms with Crippen molar-refractivity contribution in [3.63, 3.8) is 0 Å². The van der Waals surface area contributed by atoms with Crippen molar-refractivity contribution in [2.75, 3.05) is 52.4 Å². The van der Waals surface area contributed by atoms with Gasteiger partial charge in [0.2, 0.25) is 5.91 Å². The third-order valence-electron chi connectivity index (χ3n) is 9.91. The molecular formula is C41H48ClN5O4. The van der Waals surface area contributed by atoms with E-state index in [0.29, 0.717) is 39.3 Å². The molecule has 4 aromatic rings. The Morgan fingerprint density at radius 2 is 1.61 bits per heavy atom.